The van der Waals surface area contributed by atoms with E-state index in [9.17, 15) is 9.59 Å². The fraction of sp³-hybridized carbons (Fsp3) is 0.375. The van der Waals surface area contributed by atoms with Crippen LogP contribution in [-0.4, -0.2) is 59.9 Å². The summed E-state index contributed by atoms with van der Waals surface area (Å²) in [5.41, 5.74) is 1.13. The maximum atomic E-state index is 12.7. The molecule has 174 valence electrons. The summed E-state index contributed by atoms with van der Waals surface area (Å²) in [4.78, 5) is 27.2. The van der Waals surface area contributed by atoms with Gasteiger partial charge in [0.05, 0.1) is 35.9 Å². The van der Waals surface area contributed by atoms with Gasteiger partial charge in [0.2, 0.25) is 0 Å². The van der Waals surface area contributed by atoms with Crippen LogP contribution in [0.15, 0.2) is 48.5 Å². The molecule has 2 aromatic rings. The van der Waals surface area contributed by atoms with Crippen LogP contribution in [-0.2, 0) is 20.7 Å². The van der Waals surface area contributed by atoms with Gasteiger partial charge in [-0.25, -0.2) is 4.79 Å². The number of thiocarbonyl (C=S) groups is 1. The van der Waals surface area contributed by atoms with E-state index in [1.165, 1.54) is 0 Å². The lowest BCUT2D eigenvalue weighted by Crippen LogP contribution is -2.43. The fourth-order valence-corrected chi connectivity index (χ4v) is 4.57. The van der Waals surface area contributed by atoms with E-state index < -0.39 is 17.9 Å². The van der Waals surface area contributed by atoms with E-state index in [2.05, 4.69) is 10.2 Å². The number of ether oxygens (including phenoxy) is 3. The lowest BCUT2D eigenvalue weighted by atomic mass is 10.0. The number of fused-ring (bicyclic) bond motifs is 2. The van der Waals surface area contributed by atoms with Crippen molar-refractivity contribution in [1.29, 1.82) is 0 Å². The van der Waals surface area contributed by atoms with E-state index in [4.69, 9.17) is 38.0 Å². The maximum Gasteiger partial charge on any atom is 0.328 e. The molecule has 2 saturated heterocycles. The Morgan fingerprint density at radius 3 is 2.64 bits per heavy atom. The largest absolute Gasteiger partial charge is 0.464 e. The molecule has 2 aliphatic rings. The Labute approximate surface area is 202 Å². The highest BCUT2D eigenvalue weighted by molar-refractivity contribution is 7.80. The number of rotatable bonds is 7. The van der Waals surface area contributed by atoms with E-state index in [1.807, 2.05) is 12.1 Å². The van der Waals surface area contributed by atoms with Crippen LogP contribution in [0.3, 0.4) is 0 Å². The van der Waals surface area contributed by atoms with Gasteiger partial charge in [0, 0.05) is 13.0 Å². The van der Waals surface area contributed by atoms with Crippen molar-refractivity contribution in [2.75, 3.05) is 19.8 Å². The van der Waals surface area contributed by atoms with Crippen LogP contribution in [0, 0.1) is 0 Å². The molecule has 33 heavy (non-hydrogen) atoms. The zero-order valence-electron chi connectivity index (χ0n) is 18.2. The number of nitrogens with zero attached hydrogens (tertiary/aromatic N) is 1. The molecule has 7 nitrogen and oxygen atoms in total. The summed E-state index contributed by atoms with van der Waals surface area (Å²) in [7, 11) is 0. The summed E-state index contributed by atoms with van der Waals surface area (Å²) in [5.74, 6) is -0.334. The number of benzene rings is 2. The predicted octanol–water partition coefficient (Wildman–Crippen LogP) is 3.38. The van der Waals surface area contributed by atoms with Crippen LogP contribution in [0.4, 0.5) is 0 Å². The SMILES string of the molecule is CCOC(=O)C(Cc1ccc(OC(=S)N2CC3CC2CO3)cc1)NC(=O)c1ccccc1Cl. The quantitative estimate of drug-likeness (QED) is 0.473. The van der Waals surface area contributed by atoms with Crippen LogP contribution in [0.2, 0.25) is 5.02 Å². The summed E-state index contributed by atoms with van der Waals surface area (Å²) >= 11 is 11.6. The minimum atomic E-state index is -0.860. The summed E-state index contributed by atoms with van der Waals surface area (Å²) in [6.45, 7) is 3.37. The van der Waals surface area contributed by atoms with Crippen molar-refractivity contribution in [2.45, 2.75) is 38.0 Å². The van der Waals surface area contributed by atoms with Gasteiger partial charge in [-0.1, -0.05) is 35.9 Å². The summed E-state index contributed by atoms with van der Waals surface area (Å²) in [5, 5.41) is 3.49. The number of hydrogen-bond acceptors (Lipinski definition) is 6. The number of carbonyl (C=O) groups excluding carboxylic acids is 2. The van der Waals surface area contributed by atoms with Gasteiger partial charge in [0.1, 0.15) is 11.8 Å². The molecule has 0 spiro atoms. The summed E-state index contributed by atoms with van der Waals surface area (Å²) in [6, 6.07) is 13.4. The average molecular weight is 489 g/mol. The highest BCUT2D eigenvalue weighted by atomic mass is 35.5. The summed E-state index contributed by atoms with van der Waals surface area (Å²) < 4.78 is 16.6. The molecule has 3 unspecified atom stereocenters. The first-order valence-electron chi connectivity index (χ1n) is 10.9. The Balaban J connectivity index is 1.39. The predicted molar refractivity (Wildman–Crippen MR) is 128 cm³/mol. The topological polar surface area (TPSA) is 77.1 Å². The van der Waals surface area contributed by atoms with Gasteiger partial charge in [-0.2, -0.15) is 0 Å². The molecule has 0 aliphatic carbocycles. The minimum Gasteiger partial charge on any atom is -0.464 e. The van der Waals surface area contributed by atoms with Crippen LogP contribution in [0.5, 0.6) is 5.75 Å². The fourth-order valence-electron chi connectivity index (χ4n) is 4.03. The van der Waals surface area contributed by atoms with E-state index in [1.54, 1.807) is 43.3 Å². The standard InChI is InChI=1S/C24H25ClN2O5S/c1-2-30-23(29)21(26-22(28)19-5-3-4-6-20(19)25)11-15-7-9-17(10-8-15)32-24(33)27-13-18-12-16(27)14-31-18/h3-10,16,18,21H,2,11-14H2,1H3,(H,26,28). The number of esters is 1. The lowest BCUT2D eigenvalue weighted by molar-refractivity contribution is -0.145. The minimum absolute atomic E-state index is 0.213. The molecule has 9 heteroatoms. The Kier molecular flexibility index (Phi) is 7.47. The molecular formula is C24H25ClN2O5S. The van der Waals surface area contributed by atoms with Gasteiger partial charge in [-0.3, -0.25) is 4.79 Å². The maximum absolute atomic E-state index is 12.7. The number of morpholine rings is 1. The van der Waals surface area contributed by atoms with E-state index >= 15 is 0 Å². The zero-order valence-corrected chi connectivity index (χ0v) is 19.7. The van der Waals surface area contributed by atoms with Gasteiger partial charge >= 0.3 is 5.97 Å². The molecule has 0 aromatic heterocycles. The Morgan fingerprint density at radius 1 is 1.24 bits per heavy atom. The number of hydrogen-bond donors (Lipinski definition) is 1. The van der Waals surface area contributed by atoms with Crippen LogP contribution >= 0.6 is 23.8 Å². The van der Waals surface area contributed by atoms with Crippen molar-refractivity contribution < 1.29 is 23.8 Å². The monoisotopic (exact) mass is 488 g/mol. The average Bonchev–Trinajstić information content (AvgIpc) is 3.44. The van der Waals surface area contributed by atoms with Crippen molar-refractivity contribution in [2.24, 2.45) is 0 Å². The molecule has 1 N–H and O–H groups in total. The van der Waals surface area contributed by atoms with E-state index in [-0.39, 0.29) is 25.2 Å². The van der Waals surface area contributed by atoms with Crippen molar-refractivity contribution >= 4 is 40.9 Å². The van der Waals surface area contributed by atoms with Crippen molar-refractivity contribution in [1.82, 2.24) is 10.2 Å². The van der Waals surface area contributed by atoms with Crippen LogP contribution in [0.1, 0.15) is 29.3 Å². The van der Waals surface area contributed by atoms with Gasteiger partial charge in [-0.05, 0) is 55.4 Å². The molecule has 2 fully saturated rings. The molecule has 0 saturated carbocycles. The van der Waals surface area contributed by atoms with Crippen molar-refractivity contribution in [3.8, 4) is 5.75 Å². The molecule has 2 aromatic carbocycles. The normalized spacial score (nSPS) is 19.8. The molecule has 4 rings (SSSR count). The molecule has 2 aliphatic heterocycles. The third-order valence-electron chi connectivity index (χ3n) is 5.70. The number of nitrogens with one attached hydrogen (secondary N) is 1. The smallest absolute Gasteiger partial charge is 0.328 e. The van der Waals surface area contributed by atoms with Gasteiger partial charge < -0.3 is 24.4 Å². The highest BCUT2D eigenvalue weighted by Crippen LogP contribution is 2.29. The molecule has 0 radical (unpaired) electrons. The van der Waals surface area contributed by atoms with Crippen molar-refractivity contribution in [3.63, 3.8) is 0 Å². The molecule has 3 atom stereocenters. The Bertz CT molecular complexity index is 1030. The lowest BCUT2D eigenvalue weighted by Gasteiger charge is -2.28. The first kappa shape index (κ1) is 23.5. The third kappa shape index (κ3) is 5.63. The molecule has 1 amide bonds. The van der Waals surface area contributed by atoms with E-state index in [0.717, 1.165) is 18.5 Å². The second-order valence-electron chi connectivity index (χ2n) is 7.97. The first-order valence-corrected chi connectivity index (χ1v) is 11.6. The first-order chi connectivity index (χ1) is 15.9. The number of amides is 1. The van der Waals surface area contributed by atoms with E-state index in [0.29, 0.717) is 28.1 Å². The summed E-state index contributed by atoms with van der Waals surface area (Å²) in [6.07, 6.45) is 1.48. The van der Waals surface area contributed by atoms with Gasteiger partial charge in [0.25, 0.3) is 11.1 Å². The Morgan fingerprint density at radius 2 is 2.00 bits per heavy atom. The zero-order chi connectivity index (χ0) is 23.4. The number of halogens is 1. The third-order valence-corrected chi connectivity index (χ3v) is 6.35. The van der Waals surface area contributed by atoms with Gasteiger partial charge in [-0.15, -0.1) is 0 Å². The van der Waals surface area contributed by atoms with Crippen LogP contribution < -0.4 is 10.1 Å². The second-order valence-corrected chi connectivity index (χ2v) is 8.73. The molecular weight excluding hydrogens is 464 g/mol. The highest BCUT2D eigenvalue weighted by Gasteiger charge is 2.40. The molecule has 2 bridgehead atoms. The Hall–Kier alpha value is -2.68. The number of likely N-dealkylation sites (tertiary alicyclic amines) is 1. The van der Waals surface area contributed by atoms with Gasteiger partial charge in [0.15, 0.2) is 0 Å². The van der Waals surface area contributed by atoms with Crippen molar-refractivity contribution in [3.05, 3.63) is 64.7 Å². The van der Waals surface area contributed by atoms with Crippen LogP contribution in [0.25, 0.3) is 0 Å². The molecule has 2 heterocycles. The second kappa shape index (κ2) is 10.5. The number of carbonyl (C=O) groups is 2.